The summed E-state index contributed by atoms with van der Waals surface area (Å²) in [6, 6.07) is 0.248. The minimum atomic E-state index is 0.173. The van der Waals surface area contributed by atoms with E-state index in [1.807, 2.05) is 4.90 Å². The molecule has 1 unspecified atom stereocenters. The third-order valence-corrected chi connectivity index (χ3v) is 2.65. The van der Waals surface area contributed by atoms with Gasteiger partial charge in [0, 0.05) is 19.5 Å². The van der Waals surface area contributed by atoms with Gasteiger partial charge in [-0.2, -0.15) is 0 Å². The van der Waals surface area contributed by atoms with Gasteiger partial charge in [0.25, 0.3) is 0 Å². The van der Waals surface area contributed by atoms with Gasteiger partial charge in [-0.25, -0.2) is 0 Å². The van der Waals surface area contributed by atoms with Crippen LogP contribution in [0.4, 0.5) is 0 Å². The van der Waals surface area contributed by atoms with Gasteiger partial charge in [-0.1, -0.05) is 13.8 Å². The van der Waals surface area contributed by atoms with E-state index < -0.39 is 0 Å². The fraction of sp³-hybridized carbons (Fsp3) is 0.909. The van der Waals surface area contributed by atoms with Gasteiger partial charge in [-0.3, -0.25) is 4.79 Å². The summed E-state index contributed by atoms with van der Waals surface area (Å²) in [5.74, 6) is 0.760. The normalized spacial score (nSPS) is 22.1. The molecule has 4 heteroatoms. The number of hydrogen-bond donors (Lipinski definition) is 1. The molecule has 1 aliphatic heterocycles. The minimum Gasteiger partial charge on any atom is -0.377 e. The summed E-state index contributed by atoms with van der Waals surface area (Å²) in [6.07, 6.45) is 1.46. The van der Waals surface area contributed by atoms with Crippen molar-refractivity contribution >= 4 is 5.91 Å². The van der Waals surface area contributed by atoms with Gasteiger partial charge in [0.05, 0.1) is 19.3 Å². The van der Waals surface area contributed by atoms with Crippen molar-refractivity contribution in [3.8, 4) is 0 Å². The third kappa shape index (κ3) is 3.80. The maximum atomic E-state index is 11.8. The van der Waals surface area contributed by atoms with Gasteiger partial charge in [0.1, 0.15) is 0 Å². The topological polar surface area (TPSA) is 55.6 Å². The van der Waals surface area contributed by atoms with Crippen LogP contribution in [0.5, 0.6) is 0 Å². The van der Waals surface area contributed by atoms with Gasteiger partial charge in [-0.15, -0.1) is 0 Å². The SMILES string of the molecule is CC(C)CC1COCCN1C(=O)CCN. The molecule has 1 rings (SSSR count). The van der Waals surface area contributed by atoms with Crippen LogP contribution < -0.4 is 5.73 Å². The summed E-state index contributed by atoms with van der Waals surface area (Å²) in [7, 11) is 0. The lowest BCUT2D eigenvalue weighted by atomic mass is 10.0. The van der Waals surface area contributed by atoms with Crippen molar-refractivity contribution in [3.63, 3.8) is 0 Å². The Morgan fingerprint density at radius 1 is 1.60 bits per heavy atom. The third-order valence-electron chi connectivity index (χ3n) is 2.65. The van der Waals surface area contributed by atoms with E-state index in [1.54, 1.807) is 0 Å². The van der Waals surface area contributed by atoms with Crippen LogP contribution in [0, 0.1) is 5.92 Å². The smallest absolute Gasteiger partial charge is 0.224 e. The Bertz CT molecular complexity index is 207. The number of rotatable bonds is 4. The largest absolute Gasteiger partial charge is 0.377 e. The van der Waals surface area contributed by atoms with Crippen molar-refractivity contribution in [1.29, 1.82) is 0 Å². The Hall–Kier alpha value is -0.610. The number of hydrogen-bond acceptors (Lipinski definition) is 3. The molecule has 0 aromatic carbocycles. The minimum absolute atomic E-state index is 0.173. The molecule has 4 nitrogen and oxygen atoms in total. The highest BCUT2D eigenvalue weighted by Gasteiger charge is 2.26. The quantitative estimate of drug-likeness (QED) is 0.746. The number of carbonyl (C=O) groups is 1. The van der Waals surface area contributed by atoms with E-state index >= 15 is 0 Å². The Morgan fingerprint density at radius 2 is 2.33 bits per heavy atom. The molecule has 0 bridgehead atoms. The van der Waals surface area contributed by atoms with Crippen LogP contribution in [0.15, 0.2) is 0 Å². The maximum absolute atomic E-state index is 11.8. The van der Waals surface area contributed by atoms with Gasteiger partial charge in [0.15, 0.2) is 0 Å². The fourth-order valence-corrected chi connectivity index (χ4v) is 1.99. The molecule has 0 aliphatic carbocycles. The fourth-order valence-electron chi connectivity index (χ4n) is 1.99. The average Bonchev–Trinajstić information content (AvgIpc) is 2.18. The molecule has 0 radical (unpaired) electrons. The Kier molecular flexibility index (Phi) is 5.05. The molecule has 0 aromatic heterocycles. The monoisotopic (exact) mass is 214 g/mol. The predicted molar refractivity (Wildman–Crippen MR) is 59.4 cm³/mol. The lowest BCUT2D eigenvalue weighted by Gasteiger charge is -2.36. The molecule has 0 aromatic rings. The van der Waals surface area contributed by atoms with E-state index in [0.717, 1.165) is 13.0 Å². The molecule has 0 spiro atoms. The number of nitrogens with zero attached hydrogens (tertiary/aromatic N) is 1. The van der Waals surface area contributed by atoms with E-state index in [2.05, 4.69) is 13.8 Å². The first-order valence-electron chi connectivity index (χ1n) is 5.72. The van der Waals surface area contributed by atoms with E-state index in [9.17, 15) is 4.79 Å². The second kappa shape index (κ2) is 6.08. The molecule has 1 atom stereocenters. The van der Waals surface area contributed by atoms with Gasteiger partial charge in [0.2, 0.25) is 5.91 Å². The molecule has 0 saturated carbocycles. The zero-order chi connectivity index (χ0) is 11.3. The standard InChI is InChI=1S/C11H22N2O2/c1-9(2)7-10-8-15-6-5-13(10)11(14)3-4-12/h9-10H,3-8,12H2,1-2H3. The molecule has 1 heterocycles. The number of carbonyl (C=O) groups excluding carboxylic acids is 1. The van der Waals surface area contributed by atoms with E-state index in [4.69, 9.17) is 10.5 Å². The lowest BCUT2D eigenvalue weighted by molar-refractivity contribution is -0.140. The van der Waals surface area contributed by atoms with Crippen LogP contribution in [-0.4, -0.2) is 43.2 Å². The number of nitrogens with two attached hydrogens (primary N) is 1. The van der Waals surface area contributed by atoms with Crippen LogP contribution in [0.25, 0.3) is 0 Å². The summed E-state index contributed by atoms with van der Waals surface area (Å²) in [4.78, 5) is 13.7. The van der Waals surface area contributed by atoms with Gasteiger partial charge in [-0.05, 0) is 12.3 Å². The van der Waals surface area contributed by atoms with Crippen molar-refractivity contribution in [2.24, 2.45) is 11.7 Å². The van der Waals surface area contributed by atoms with E-state index in [-0.39, 0.29) is 11.9 Å². The zero-order valence-electron chi connectivity index (χ0n) is 9.74. The van der Waals surface area contributed by atoms with Crippen molar-refractivity contribution in [2.45, 2.75) is 32.7 Å². The Labute approximate surface area is 91.8 Å². The lowest BCUT2D eigenvalue weighted by Crippen LogP contribution is -2.49. The van der Waals surface area contributed by atoms with Crippen molar-refractivity contribution in [1.82, 2.24) is 4.90 Å². The Morgan fingerprint density at radius 3 is 2.93 bits per heavy atom. The van der Waals surface area contributed by atoms with Gasteiger partial charge < -0.3 is 15.4 Å². The molecule has 1 aliphatic rings. The highest BCUT2D eigenvalue weighted by molar-refractivity contribution is 5.76. The first-order valence-corrected chi connectivity index (χ1v) is 5.72. The van der Waals surface area contributed by atoms with Crippen molar-refractivity contribution < 1.29 is 9.53 Å². The summed E-state index contributed by atoms with van der Waals surface area (Å²) in [5.41, 5.74) is 5.40. The molecule has 2 N–H and O–H groups in total. The summed E-state index contributed by atoms with van der Waals surface area (Å²) < 4.78 is 5.42. The van der Waals surface area contributed by atoms with E-state index in [0.29, 0.717) is 32.1 Å². The molecule has 1 amide bonds. The van der Waals surface area contributed by atoms with Crippen molar-refractivity contribution in [3.05, 3.63) is 0 Å². The number of morpholine rings is 1. The Balaban J connectivity index is 2.52. The van der Waals surface area contributed by atoms with E-state index in [1.165, 1.54) is 0 Å². The predicted octanol–water partition coefficient (Wildman–Crippen LogP) is 0.609. The summed E-state index contributed by atoms with van der Waals surface area (Å²) in [5, 5.41) is 0. The summed E-state index contributed by atoms with van der Waals surface area (Å²) in [6.45, 7) is 6.82. The molecular weight excluding hydrogens is 192 g/mol. The first kappa shape index (κ1) is 12.5. The van der Waals surface area contributed by atoms with Crippen LogP contribution in [0.3, 0.4) is 0 Å². The number of amides is 1. The molecule has 1 saturated heterocycles. The first-order chi connectivity index (χ1) is 7.15. The molecule has 1 fully saturated rings. The van der Waals surface area contributed by atoms with Crippen LogP contribution in [0.2, 0.25) is 0 Å². The second-order valence-corrected chi connectivity index (χ2v) is 4.48. The van der Waals surface area contributed by atoms with Gasteiger partial charge >= 0.3 is 0 Å². The molecule has 15 heavy (non-hydrogen) atoms. The second-order valence-electron chi connectivity index (χ2n) is 4.48. The highest BCUT2D eigenvalue weighted by Crippen LogP contribution is 2.16. The molecular formula is C11H22N2O2. The van der Waals surface area contributed by atoms with Crippen LogP contribution in [0.1, 0.15) is 26.7 Å². The number of ether oxygens (including phenoxy) is 1. The van der Waals surface area contributed by atoms with Crippen LogP contribution >= 0.6 is 0 Å². The highest BCUT2D eigenvalue weighted by atomic mass is 16.5. The zero-order valence-corrected chi connectivity index (χ0v) is 9.74. The van der Waals surface area contributed by atoms with Crippen LogP contribution in [-0.2, 0) is 9.53 Å². The molecule has 88 valence electrons. The maximum Gasteiger partial charge on any atom is 0.224 e. The summed E-state index contributed by atoms with van der Waals surface area (Å²) >= 11 is 0. The average molecular weight is 214 g/mol. The van der Waals surface area contributed by atoms with Crippen molar-refractivity contribution in [2.75, 3.05) is 26.3 Å².